The summed E-state index contributed by atoms with van der Waals surface area (Å²) < 4.78 is 0. The van der Waals surface area contributed by atoms with Crippen molar-refractivity contribution in [2.24, 2.45) is 0 Å². The SMILES string of the molecule is O=C1Nc2ccccc2C1SCc1ccccc1. The van der Waals surface area contributed by atoms with Crippen molar-refractivity contribution in [3.63, 3.8) is 0 Å². The van der Waals surface area contributed by atoms with E-state index in [-0.39, 0.29) is 11.2 Å². The second-order valence-electron chi connectivity index (χ2n) is 4.25. The van der Waals surface area contributed by atoms with Crippen LogP contribution in [0.3, 0.4) is 0 Å². The molecule has 2 aromatic carbocycles. The number of para-hydroxylation sites is 1. The molecule has 0 aliphatic carbocycles. The molecule has 1 heterocycles. The predicted molar refractivity (Wildman–Crippen MR) is 75.5 cm³/mol. The molecular weight excluding hydrogens is 242 g/mol. The van der Waals surface area contributed by atoms with Crippen LogP contribution < -0.4 is 5.32 Å². The number of amides is 1. The number of nitrogens with one attached hydrogen (secondary N) is 1. The van der Waals surface area contributed by atoms with Crippen molar-refractivity contribution >= 4 is 23.4 Å². The second-order valence-corrected chi connectivity index (χ2v) is 5.35. The summed E-state index contributed by atoms with van der Waals surface area (Å²) in [5, 5.41) is 2.84. The Balaban J connectivity index is 1.76. The molecule has 1 atom stereocenters. The number of carbonyl (C=O) groups is 1. The first-order chi connectivity index (χ1) is 8.84. The van der Waals surface area contributed by atoms with E-state index in [4.69, 9.17) is 0 Å². The lowest BCUT2D eigenvalue weighted by molar-refractivity contribution is -0.115. The van der Waals surface area contributed by atoms with Gasteiger partial charge in [-0.25, -0.2) is 0 Å². The number of carbonyl (C=O) groups excluding carboxylic acids is 1. The maximum atomic E-state index is 11.9. The molecule has 18 heavy (non-hydrogen) atoms. The van der Waals surface area contributed by atoms with Gasteiger partial charge in [-0.2, -0.15) is 0 Å². The van der Waals surface area contributed by atoms with Gasteiger partial charge in [-0.3, -0.25) is 4.79 Å². The molecule has 0 spiro atoms. The Labute approximate surface area is 110 Å². The number of benzene rings is 2. The van der Waals surface area contributed by atoms with E-state index in [1.54, 1.807) is 11.8 Å². The molecule has 1 aliphatic heterocycles. The number of anilines is 1. The highest BCUT2D eigenvalue weighted by atomic mass is 32.2. The molecular formula is C15H13NOS. The lowest BCUT2D eigenvalue weighted by atomic mass is 10.2. The highest BCUT2D eigenvalue weighted by Crippen LogP contribution is 2.40. The van der Waals surface area contributed by atoms with E-state index in [2.05, 4.69) is 17.4 Å². The Hall–Kier alpha value is -1.74. The Kier molecular flexibility index (Phi) is 3.07. The maximum Gasteiger partial charge on any atom is 0.242 e. The molecule has 90 valence electrons. The average Bonchev–Trinajstić information content (AvgIpc) is 2.73. The van der Waals surface area contributed by atoms with E-state index in [9.17, 15) is 4.79 Å². The lowest BCUT2D eigenvalue weighted by Crippen LogP contribution is -2.09. The summed E-state index contributed by atoms with van der Waals surface area (Å²) in [6, 6.07) is 18.1. The zero-order chi connectivity index (χ0) is 12.4. The van der Waals surface area contributed by atoms with Gasteiger partial charge in [0.1, 0.15) is 5.25 Å². The van der Waals surface area contributed by atoms with Crippen molar-refractivity contribution in [3.8, 4) is 0 Å². The molecule has 3 rings (SSSR count). The van der Waals surface area contributed by atoms with Crippen molar-refractivity contribution in [1.29, 1.82) is 0 Å². The van der Waals surface area contributed by atoms with Crippen molar-refractivity contribution < 1.29 is 4.79 Å². The van der Waals surface area contributed by atoms with Gasteiger partial charge in [-0.1, -0.05) is 48.5 Å². The smallest absolute Gasteiger partial charge is 0.242 e. The number of hydrogen-bond acceptors (Lipinski definition) is 2. The minimum Gasteiger partial charge on any atom is -0.325 e. The maximum absolute atomic E-state index is 11.9. The Morgan fingerprint density at radius 1 is 1.00 bits per heavy atom. The third-order valence-corrected chi connectivity index (χ3v) is 4.30. The fourth-order valence-electron chi connectivity index (χ4n) is 2.10. The highest BCUT2D eigenvalue weighted by molar-refractivity contribution is 7.99. The lowest BCUT2D eigenvalue weighted by Gasteiger charge is -2.08. The molecule has 1 aliphatic rings. The van der Waals surface area contributed by atoms with Crippen LogP contribution in [0.2, 0.25) is 0 Å². The molecule has 1 N–H and O–H groups in total. The molecule has 0 bridgehead atoms. The van der Waals surface area contributed by atoms with E-state index in [1.807, 2.05) is 42.5 Å². The van der Waals surface area contributed by atoms with Crippen LogP contribution in [0.5, 0.6) is 0 Å². The molecule has 0 aromatic heterocycles. The van der Waals surface area contributed by atoms with Crippen molar-refractivity contribution in [2.75, 3.05) is 5.32 Å². The summed E-state index contributed by atoms with van der Waals surface area (Å²) in [6.07, 6.45) is 0. The summed E-state index contributed by atoms with van der Waals surface area (Å²) >= 11 is 1.68. The highest BCUT2D eigenvalue weighted by Gasteiger charge is 2.30. The van der Waals surface area contributed by atoms with Gasteiger partial charge in [0.15, 0.2) is 0 Å². The molecule has 1 unspecified atom stereocenters. The molecule has 0 saturated heterocycles. The zero-order valence-corrected chi connectivity index (χ0v) is 10.6. The van der Waals surface area contributed by atoms with Gasteiger partial charge in [-0.15, -0.1) is 11.8 Å². The first-order valence-electron chi connectivity index (χ1n) is 5.90. The molecule has 2 nitrogen and oxygen atoms in total. The average molecular weight is 255 g/mol. The topological polar surface area (TPSA) is 29.1 Å². The Bertz CT molecular complexity index is 568. The van der Waals surface area contributed by atoms with Crippen LogP contribution in [0.25, 0.3) is 0 Å². The van der Waals surface area contributed by atoms with E-state index in [1.165, 1.54) is 5.56 Å². The second kappa shape index (κ2) is 4.86. The monoisotopic (exact) mass is 255 g/mol. The summed E-state index contributed by atoms with van der Waals surface area (Å²) in [6.45, 7) is 0. The van der Waals surface area contributed by atoms with E-state index in [0.29, 0.717) is 0 Å². The van der Waals surface area contributed by atoms with Gasteiger partial charge in [0.2, 0.25) is 5.91 Å². The summed E-state index contributed by atoms with van der Waals surface area (Å²) in [7, 11) is 0. The largest absolute Gasteiger partial charge is 0.325 e. The van der Waals surface area contributed by atoms with Crippen LogP contribution in [0.4, 0.5) is 5.69 Å². The van der Waals surface area contributed by atoms with Crippen LogP contribution >= 0.6 is 11.8 Å². The van der Waals surface area contributed by atoms with Crippen LogP contribution in [0.1, 0.15) is 16.4 Å². The number of thioether (sulfide) groups is 1. The minimum absolute atomic E-state index is 0.0820. The number of hydrogen-bond donors (Lipinski definition) is 1. The fraction of sp³-hybridized carbons (Fsp3) is 0.133. The van der Waals surface area contributed by atoms with E-state index in [0.717, 1.165) is 17.0 Å². The normalized spacial score (nSPS) is 17.3. The van der Waals surface area contributed by atoms with Gasteiger partial charge in [-0.05, 0) is 17.2 Å². The predicted octanol–water partition coefficient (Wildman–Crippen LogP) is 3.61. The number of rotatable bonds is 3. The van der Waals surface area contributed by atoms with E-state index >= 15 is 0 Å². The third-order valence-electron chi connectivity index (χ3n) is 3.00. The molecule has 0 fully saturated rings. The van der Waals surface area contributed by atoms with Gasteiger partial charge in [0.25, 0.3) is 0 Å². The molecule has 3 heteroatoms. The zero-order valence-electron chi connectivity index (χ0n) is 9.80. The Morgan fingerprint density at radius 2 is 1.72 bits per heavy atom. The first kappa shape index (κ1) is 11.4. The molecule has 0 radical (unpaired) electrons. The standard InChI is InChI=1S/C15H13NOS/c17-15-14(12-8-4-5-9-13(12)16-15)18-10-11-6-2-1-3-7-11/h1-9,14H,10H2,(H,16,17). The van der Waals surface area contributed by atoms with Gasteiger partial charge in [0.05, 0.1) is 0 Å². The van der Waals surface area contributed by atoms with Crippen molar-refractivity contribution in [2.45, 2.75) is 11.0 Å². The van der Waals surface area contributed by atoms with Crippen molar-refractivity contribution in [1.82, 2.24) is 0 Å². The summed E-state index contributed by atoms with van der Waals surface area (Å²) in [5.74, 6) is 0.949. The number of fused-ring (bicyclic) bond motifs is 1. The van der Waals surface area contributed by atoms with Crippen molar-refractivity contribution in [3.05, 3.63) is 65.7 Å². The van der Waals surface area contributed by atoms with Gasteiger partial charge in [0, 0.05) is 11.4 Å². The minimum atomic E-state index is -0.0820. The quantitative estimate of drug-likeness (QED) is 0.907. The molecule has 2 aromatic rings. The van der Waals surface area contributed by atoms with Crippen LogP contribution in [-0.4, -0.2) is 5.91 Å². The fourth-order valence-corrected chi connectivity index (χ4v) is 3.25. The third kappa shape index (κ3) is 2.14. The first-order valence-corrected chi connectivity index (χ1v) is 6.95. The summed E-state index contributed by atoms with van der Waals surface area (Å²) in [4.78, 5) is 11.9. The van der Waals surface area contributed by atoms with Gasteiger partial charge < -0.3 is 5.32 Å². The van der Waals surface area contributed by atoms with Gasteiger partial charge >= 0.3 is 0 Å². The molecule has 0 saturated carbocycles. The van der Waals surface area contributed by atoms with Crippen LogP contribution in [0.15, 0.2) is 54.6 Å². The molecule has 1 amide bonds. The van der Waals surface area contributed by atoms with Crippen LogP contribution in [-0.2, 0) is 10.5 Å². The Morgan fingerprint density at radius 3 is 2.56 bits per heavy atom. The summed E-state index contributed by atoms with van der Waals surface area (Å²) in [5.41, 5.74) is 3.30. The van der Waals surface area contributed by atoms with E-state index < -0.39 is 0 Å². The van der Waals surface area contributed by atoms with Crippen LogP contribution in [0, 0.1) is 0 Å².